The molecule has 0 radical (unpaired) electrons. The number of anilines is 1. The number of hydrogen-bond acceptors (Lipinski definition) is 4. The van der Waals surface area contributed by atoms with E-state index in [1.807, 2.05) is 65.6 Å². The summed E-state index contributed by atoms with van der Waals surface area (Å²) >= 11 is 0. The Morgan fingerprint density at radius 3 is 2.69 bits per heavy atom. The zero-order valence-electron chi connectivity index (χ0n) is 19.8. The van der Waals surface area contributed by atoms with Crippen LogP contribution in [0.5, 0.6) is 5.75 Å². The number of piperidine rings is 1. The van der Waals surface area contributed by atoms with E-state index in [2.05, 4.69) is 29.2 Å². The van der Waals surface area contributed by atoms with Crippen LogP contribution in [0, 0.1) is 0 Å². The van der Waals surface area contributed by atoms with Crippen molar-refractivity contribution in [2.24, 2.45) is 0 Å². The second kappa shape index (κ2) is 9.41. The lowest BCUT2D eigenvalue weighted by Crippen LogP contribution is -2.41. The molecule has 4 aromatic rings. The number of carbonyl (C=O) groups is 1. The maximum atomic E-state index is 13.2. The van der Waals surface area contributed by atoms with Crippen molar-refractivity contribution in [3.05, 3.63) is 102 Å². The minimum atomic E-state index is 0.122. The van der Waals surface area contributed by atoms with Crippen molar-refractivity contribution >= 4 is 22.5 Å². The highest BCUT2D eigenvalue weighted by Crippen LogP contribution is 2.34. The van der Waals surface area contributed by atoms with Crippen molar-refractivity contribution in [1.29, 1.82) is 0 Å². The number of benzene rings is 3. The van der Waals surface area contributed by atoms with Crippen LogP contribution in [-0.2, 0) is 13.0 Å². The standard InChI is InChI=1S/C30H29N3O2/c34-30-26-12-6-14-29(32-18-7-11-25(20-32)35-24-9-2-1-3-10-24)27(26)21-33(30)19-17-23-16-15-22-8-4-5-13-28(22)31-23/h1-6,8-10,12-16,25H,7,11,17-21H2. The van der Waals surface area contributed by atoms with Crippen LogP contribution in [0.25, 0.3) is 10.9 Å². The van der Waals surface area contributed by atoms with Crippen LogP contribution in [0.1, 0.15) is 34.5 Å². The van der Waals surface area contributed by atoms with E-state index in [0.717, 1.165) is 65.8 Å². The highest BCUT2D eigenvalue weighted by Gasteiger charge is 2.32. The third-order valence-electron chi connectivity index (χ3n) is 7.08. The van der Waals surface area contributed by atoms with Crippen molar-refractivity contribution < 1.29 is 9.53 Å². The zero-order valence-corrected chi connectivity index (χ0v) is 19.8. The third kappa shape index (κ3) is 4.46. The first-order valence-corrected chi connectivity index (χ1v) is 12.5. The van der Waals surface area contributed by atoms with Gasteiger partial charge in [-0.1, -0.05) is 48.5 Å². The van der Waals surface area contributed by atoms with Gasteiger partial charge in [0.2, 0.25) is 0 Å². The lowest BCUT2D eigenvalue weighted by atomic mass is 10.0. The summed E-state index contributed by atoms with van der Waals surface area (Å²) in [6, 6.07) is 28.5. The second-order valence-electron chi connectivity index (χ2n) is 9.42. The first kappa shape index (κ1) is 21.7. The number of rotatable bonds is 6. The molecule has 0 bridgehead atoms. The Balaban J connectivity index is 1.15. The molecule has 0 N–H and O–H groups in total. The number of nitrogens with zero attached hydrogens (tertiary/aromatic N) is 3. The van der Waals surface area contributed by atoms with Gasteiger partial charge in [0, 0.05) is 53.9 Å². The molecule has 1 saturated heterocycles. The quantitative estimate of drug-likeness (QED) is 0.380. The Labute approximate surface area is 206 Å². The summed E-state index contributed by atoms with van der Waals surface area (Å²) in [5.41, 5.74) is 5.17. The van der Waals surface area contributed by atoms with Crippen LogP contribution < -0.4 is 9.64 Å². The van der Waals surface area contributed by atoms with Crippen molar-refractivity contribution in [3.8, 4) is 5.75 Å². The summed E-state index contributed by atoms with van der Waals surface area (Å²) < 4.78 is 6.26. The summed E-state index contributed by atoms with van der Waals surface area (Å²) in [7, 11) is 0. The Morgan fingerprint density at radius 2 is 1.77 bits per heavy atom. The molecule has 35 heavy (non-hydrogen) atoms. The van der Waals surface area contributed by atoms with Crippen LogP contribution in [0.3, 0.4) is 0 Å². The van der Waals surface area contributed by atoms with E-state index in [1.54, 1.807) is 0 Å². The first-order valence-electron chi connectivity index (χ1n) is 12.5. The smallest absolute Gasteiger partial charge is 0.254 e. The van der Waals surface area contributed by atoms with Gasteiger partial charge in [0.15, 0.2) is 0 Å². The third-order valence-corrected chi connectivity index (χ3v) is 7.08. The zero-order chi connectivity index (χ0) is 23.6. The van der Waals surface area contributed by atoms with E-state index < -0.39 is 0 Å². The minimum Gasteiger partial charge on any atom is -0.489 e. The van der Waals surface area contributed by atoms with Gasteiger partial charge in [0.1, 0.15) is 11.9 Å². The second-order valence-corrected chi connectivity index (χ2v) is 9.42. The number of para-hydroxylation sites is 2. The number of amides is 1. The van der Waals surface area contributed by atoms with Gasteiger partial charge in [-0.15, -0.1) is 0 Å². The fourth-order valence-corrected chi connectivity index (χ4v) is 5.29. The average molecular weight is 464 g/mol. The predicted octanol–water partition coefficient (Wildman–Crippen LogP) is 5.48. The summed E-state index contributed by atoms with van der Waals surface area (Å²) in [5.74, 6) is 1.04. The topological polar surface area (TPSA) is 45.7 Å². The molecule has 0 aliphatic carbocycles. The molecule has 5 nitrogen and oxygen atoms in total. The van der Waals surface area contributed by atoms with Crippen LogP contribution in [0.4, 0.5) is 5.69 Å². The van der Waals surface area contributed by atoms with Crippen LogP contribution in [-0.4, -0.2) is 41.5 Å². The Kier molecular flexibility index (Phi) is 5.83. The van der Waals surface area contributed by atoms with Crippen molar-refractivity contribution in [1.82, 2.24) is 9.88 Å². The molecule has 6 rings (SSSR count). The number of hydrogen-bond donors (Lipinski definition) is 0. The molecule has 1 fully saturated rings. The highest BCUT2D eigenvalue weighted by atomic mass is 16.5. The monoisotopic (exact) mass is 463 g/mol. The largest absolute Gasteiger partial charge is 0.489 e. The molecule has 3 heterocycles. The van der Waals surface area contributed by atoms with Gasteiger partial charge in [-0.3, -0.25) is 9.78 Å². The number of pyridine rings is 1. The molecular formula is C30H29N3O2. The number of aromatic nitrogens is 1. The van der Waals surface area contributed by atoms with Crippen molar-refractivity contribution in [3.63, 3.8) is 0 Å². The molecule has 5 heteroatoms. The van der Waals surface area contributed by atoms with E-state index in [-0.39, 0.29) is 12.0 Å². The molecule has 1 atom stereocenters. The molecule has 176 valence electrons. The maximum Gasteiger partial charge on any atom is 0.254 e. The molecule has 0 saturated carbocycles. The Morgan fingerprint density at radius 1 is 0.914 bits per heavy atom. The van der Waals surface area contributed by atoms with E-state index in [1.165, 1.54) is 5.69 Å². The molecule has 2 aliphatic heterocycles. The van der Waals surface area contributed by atoms with Gasteiger partial charge in [0.25, 0.3) is 5.91 Å². The average Bonchev–Trinajstić information content (AvgIpc) is 3.23. The molecular weight excluding hydrogens is 434 g/mol. The summed E-state index contributed by atoms with van der Waals surface area (Å²) in [4.78, 5) is 22.4. The maximum absolute atomic E-state index is 13.2. The van der Waals surface area contributed by atoms with Gasteiger partial charge in [-0.05, 0) is 49.2 Å². The Bertz CT molecular complexity index is 1350. The van der Waals surface area contributed by atoms with Crippen LogP contribution in [0.15, 0.2) is 84.9 Å². The number of ether oxygens (including phenoxy) is 1. The van der Waals surface area contributed by atoms with Gasteiger partial charge >= 0.3 is 0 Å². The van der Waals surface area contributed by atoms with Gasteiger partial charge in [-0.25, -0.2) is 0 Å². The van der Waals surface area contributed by atoms with E-state index >= 15 is 0 Å². The lowest BCUT2D eigenvalue weighted by molar-refractivity contribution is 0.0780. The summed E-state index contributed by atoms with van der Waals surface area (Å²) in [5, 5.41) is 1.14. The summed E-state index contributed by atoms with van der Waals surface area (Å²) in [6.45, 7) is 3.14. The van der Waals surface area contributed by atoms with Crippen molar-refractivity contribution in [2.75, 3.05) is 24.5 Å². The van der Waals surface area contributed by atoms with E-state index in [9.17, 15) is 4.79 Å². The predicted molar refractivity (Wildman–Crippen MR) is 139 cm³/mol. The minimum absolute atomic E-state index is 0.122. The molecule has 0 spiro atoms. The van der Waals surface area contributed by atoms with Crippen molar-refractivity contribution in [2.45, 2.75) is 31.9 Å². The molecule has 1 aromatic heterocycles. The molecule has 3 aromatic carbocycles. The van der Waals surface area contributed by atoms with E-state index in [4.69, 9.17) is 9.72 Å². The lowest BCUT2D eigenvalue weighted by Gasteiger charge is -2.35. The normalized spacial score (nSPS) is 17.6. The highest BCUT2D eigenvalue weighted by molar-refractivity contribution is 6.00. The molecule has 1 unspecified atom stereocenters. The first-order chi connectivity index (χ1) is 17.2. The van der Waals surface area contributed by atoms with E-state index in [0.29, 0.717) is 13.1 Å². The van der Waals surface area contributed by atoms with Gasteiger partial charge < -0.3 is 14.5 Å². The number of carbonyl (C=O) groups excluding carboxylic acids is 1. The van der Waals surface area contributed by atoms with Crippen LogP contribution >= 0.6 is 0 Å². The van der Waals surface area contributed by atoms with Gasteiger partial charge in [0.05, 0.1) is 12.1 Å². The SMILES string of the molecule is O=C1c2cccc(N3CCCC(Oc4ccccc4)C3)c2CN1CCc1ccc2ccccc2n1. The number of fused-ring (bicyclic) bond motifs is 2. The Hall–Kier alpha value is -3.86. The van der Waals surface area contributed by atoms with Gasteiger partial charge in [-0.2, -0.15) is 0 Å². The fourth-order valence-electron chi connectivity index (χ4n) is 5.29. The summed E-state index contributed by atoms with van der Waals surface area (Å²) in [6.07, 6.45) is 3.02. The molecule has 1 amide bonds. The molecule has 2 aliphatic rings. The fraction of sp³-hybridized carbons (Fsp3) is 0.267. The van der Waals surface area contributed by atoms with Crippen LogP contribution in [0.2, 0.25) is 0 Å².